The molecule has 0 atom stereocenters. The molecule has 0 spiro atoms. The molecule has 0 saturated carbocycles. The van der Waals surface area contributed by atoms with Gasteiger partial charge < -0.3 is 5.32 Å². The van der Waals surface area contributed by atoms with E-state index < -0.39 is 20.5 Å². The van der Waals surface area contributed by atoms with Crippen molar-refractivity contribution in [2.75, 3.05) is 11.9 Å². The van der Waals surface area contributed by atoms with Crippen molar-refractivity contribution in [1.29, 1.82) is 0 Å². The maximum absolute atomic E-state index is 12.4. The molecule has 0 amide bonds. The number of nitrogens with zero attached hydrogens (tertiary/aromatic N) is 2. The van der Waals surface area contributed by atoms with E-state index in [2.05, 4.69) is 15.0 Å². The van der Waals surface area contributed by atoms with Crippen LogP contribution in [0.1, 0.15) is 31.5 Å². The first kappa shape index (κ1) is 20.3. The Morgan fingerprint density at radius 3 is 2.54 bits per heavy atom. The standard InChI is InChI=1S/C16H22N4O4S2/c1-11-18-12(10-25-11)7-8-17-14-6-5-13(9-15(14)20(21)22)26(23,24)19-16(2,3)4/h5-6,9-10,17,19H,7-8H2,1-4H3. The monoisotopic (exact) mass is 398 g/mol. The van der Waals surface area contributed by atoms with Crippen LogP contribution in [-0.4, -0.2) is 30.4 Å². The number of nitrogens with one attached hydrogen (secondary N) is 2. The fraction of sp³-hybridized carbons (Fsp3) is 0.438. The predicted molar refractivity (Wildman–Crippen MR) is 102 cm³/mol. The van der Waals surface area contributed by atoms with Crippen LogP contribution in [0.3, 0.4) is 0 Å². The third kappa shape index (κ3) is 5.48. The maximum Gasteiger partial charge on any atom is 0.293 e. The summed E-state index contributed by atoms with van der Waals surface area (Å²) in [4.78, 5) is 15.0. The van der Waals surface area contributed by atoms with Gasteiger partial charge in [-0.1, -0.05) is 0 Å². The molecular weight excluding hydrogens is 376 g/mol. The van der Waals surface area contributed by atoms with Crippen LogP contribution in [0.4, 0.5) is 11.4 Å². The number of nitro groups is 1. The Balaban J connectivity index is 2.19. The van der Waals surface area contributed by atoms with Gasteiger partial charge >= 0.3 is 0 Å². The lowest BCUT2D eigenvalue weighted by molar-refractivity contribution is -0.384. The summed E-state index contributed by atoms with van der Waals surface area (Å²) in [6, 6.07) is 3.85. The van der Waals surface area contributed by atoms with Crippen LogP contribution in [0, 0.1) is 17.0 Å². The second kappa shape index (κ2) is 7.68. The van der Waals surface area contributed by atoms with Gasteiger partial charge in [-0.05, 0) is 39.8 Å². The number of rotatable bonds is 7. The normalized spacial score (nSPS) is 12.2. The highest BCUT2D eigenvalue weighted by molar-refractivity contribution is 7.89. The summed E-state index contributed by atoms with van der Waals surface area (Å²) < 4.78 is 27.2. The van der Waals surface area contributed by atoms with E-state index in [4.69, 9.17) is 0 Å². The van der Waals surface area contributed by atoms with Crippen molar-refractivity contribution in [3.8, 4) is 0 Å². The zero-order chi connectivity index (χ0) is 19.5. The highest BCUT2D eigenvalue weighted by Crippen LogP contribution is 2.28. The minimum atomic E-state index is -3.84. The van der Waals surface area contributed by atoms with E-state index in [-0.39, 0.29) is 16.3 Å². The van der Waals surface area contributed by atoms with Gasteiger partial charge in [-0.15, -0.1) is 11.3 Å². The number of thiazole rings is 1. The number of hydrogen-bond acceptors (Lipinski definition) is 7. The van der Waals surface area contributed by atoms with Crippen LogP contribution in [0.15, 0.2) is 28.5 Å². The van der Waals surface area contributed by atoms with Gasteiger partial charge in [-0.25, -0.2) is 18.1 Å². The lowest BCUT2D eigenvalue weighted by Crippen LogP contribution is -2.40. The summed E-state index contributed by atoms with van der Waals surface area (Å²) in [7, 11) is -3.84. The zero-order valence-corrected chi connectivity index (χ0v) is 16.7. The number of benzene rings is 1. The van der Waals surface area contributed by atoms with E-state index in [0.29, 0.717) is 13.0 Å². The molecule has 2 rings (SSSR count). The topological polar surface area (TPSA) is 114 Å². The molecule has 0 aliphatic rings. The van der Waals surface area contributed by atoms with Crippen LogP contribution in [0.5, 0.6) is 0 Å². The van der Waals surface area contributed by atoms with Gasteiger partial charge in [-0.2, -0.15) is 0 Å². The first-order valence-corrected chi connectivity index (χ1v) is 10.3. The third-order valence-corrected chi connectivity index (χ3v) is 5.86. The summed E-state index contributed by atoms with van der Waals surface area (Å²) in [5.74, 6) is 0. The smallest absolute Gasteiger partial charge is 0.293 e. The van der Waals surface area contributed by atoms with Crippen LogP contribution >= 0.6 is 11.3 Å². The van der Waals surface area contributed by atoms with Crippen molar-refractivity contribution in [2.24, 2.45) is 0 Å². The predicted octanol–water partition coefficient (Wildman–Crippen LogP) is 3.09. The van der Waals surface area contributed by atoms with Gasteiger partial charge in [0, 0.05) is 30.0 Å². The van der Waals surface area contributed by atoms with E-state index in [0.717, 1.165) is 16.8 Å². The van der Waals surface area contributed by atoms with Gasteiger partial charge in [0.25, 0.3) is 5.69 Å². The van der Waals surface area contributed by atoms with Crippen LogP contribution in [0.2, 0.25) is 0 Å². The molecule has 8 nitrogen and oxygen atoms in total. The molecule has 0 fully saturated rings. The number of aryl methyl sites for hydroxylation is 1. The van der Waals surface area contributed by atoms with Gasteiger partial charge in [0.05, 0.1) is 20.5 Å². The summed E-state index contributed by atoms with van der Waals surface area (Å²) in [6.45, 7) is 7.48. The Morgan fingerprint density at radius 1 is 1.31 bits per heavy atom. The molecule has 2 aromatic rings. The van der Waals surface area contributed by atoms with Crippen LogP contribution in [-0.2, 0) is 16.4 Å². The van der Waals surface area contributed by atoms with Gasteiger partial charge in [0.1, 0.15) is 5.69 Å². The average molecular weight is 399 g/mol. The van der Waals surface area contributed by atoms with Crippen molar-refractivity contribution >= 4 is 32.7 Å². The van der Waals surface area contributed by atoms with Crippen LogP contribution in [0.25, 0.3) is 0 Å². The van der Waals surface area contributed by atoms with E-state index in [9.17, 15) is 18.5 Å². The molecule has 2 N–H and O–H groups in total. The first-order chi connectivity index (χ1) is 12.0. The number of sulfonamides is 1. The summed E-state index contributed by atoms with van der Waals surface area (Å²) in [6.07, 6.45) is 0.618. The molecule has 0 unspecified atom stereocenters. The number of hydrogen-bond donors (Lipinski definition) is 2. The maximum atomic E-state index is 12.4. The molecule has 0 bridgehead atoms. The summed E-state index contributed by atoms with van der Waals surface area (Å²) in [5, 5.41) is 17.3. The number of anilines is 1. The quantitative estimate of drug-likeness (QED) is 0.547. The Morgan fingerprint density at radius 2 is 2.00 bits per heavy atom. The minimum Gasteiger partial charge on any atom is -0.379 e. The largest absolute Gasteiger partial charge is 0.379 e. The Bertz CT molecular complexity index is 901. The van der Waals surface area contributed by atoms with Crippen molar-refractivity contribution < 1.29 is 13.3 Å². The molecule has 0 saturated heterocycles. The van der Waals surface area contributed by atoms with Crippen molar-refractivity contribution in [1.82, 2.24) is 9.71 Å². The van der Waals surface area contributed by atoms with Gasteiger partial charge in [0.2, 0.25) is 10.0 Å². The molecule has 1 aromatic heterocycles. The molecule has 10 heteroatoms. The zero-order valence-electron chi connectivity index (χ0n) is 15.1. The third-order valence-electron chi connectivity index (χ3n) is 3.28. The average Bonchev–Trinajstić information content (AvgIpc) is 2.90. The van der Waals surface area contributed by atoms with Crippen LogP contribution < -0.4 is 10.0 Å². The van der Waals surface area contributed by atoms with Crippen molar-refractivity contribution in [2.45, 2.75) is 44.6 Å². The molecule has 0 aliphatic carbocycles. The second-order valence-electron chi connectivity index (χ2n) is 6.83. The molecule has 1 aromatic carbocycles. The Labute approximate surface area is 156 Å². The Hall–Kier alpha value is -2.04. The lowest BCUT2D eigenvalue weighted by atomic mass is 10.1. The van der Waals surface area contributed by atoms with E-state index >= 15 is 0 Å². The molecule has 26 heavy (non-hydrogen) atoms. The molecule has 142 valence electrons. The SMILES string of the molecule is Cc1nc(CCNc2ccc(S(=O)(=O)NC(C)(C)C)cc2[N+](=O)[O-])cs1. The van der Waals surface area contributed by atoms with E-state index in [1.165, 1.54) is 12.1 Å². The fourth-order valence-electron chi connectivity index (χ4n) is 2.29. The fourth-order valence-corrected chi connectivity index (χ4v) is 4.37. The van der Waals surface area contributed by atoms with Gasteiger partial charge in [-0.3, -0.25) is 10.1 Å². The lowest BCUT2D eigenvalue weighted by Gasteiger charge is -2.20. The second-order valence-corrected chi connectivity index (χ2v) is 9.57. The highest BCUT2D eigenvalue weighted by Gasteiger charge is 2.25. The summed E-state index contributed by atoms with van der Waals surface area (Å²) in [5.41, 5.74) is 0.222. The van der Waals surface area contributed by atoms with Crippen molar-refractivity contribution in [3.63, 3.8) is 0 Å². The highest BCUT2D eigenvalue weighted by atomic mass is 32.2. The molecular formula is C16H22N4O4S2. The van der Waals surface area contributed by atoms with Crippen molar-refractivity contribution in [3.05, 3.63) is 44.4 Å². The first-order valence-electron chi connectivity index (χ1n) is 7.95. The van der Waals surface area contributed by atoms with Gasteiger partial charge in [0.15, 0.2) is 0 Å². The number of nitro benzene ring substituents is 1. The summed E-state index contributed by atoms with van der Waals surface area (Å²) >= 11 is 1.55. The molecule has 0 aliphatic heterocycles. The molecule has 1 heterocycles. The van der Waals surface area contributed by atoms with E-state index in [1.807, 2.05) is 12.3 Å². The number of aromatic nitrogens is 1. The Kier molecular flexibility index (Phi) is 5.99. The molecule has 0 radical (unpaired) electrons. The van der Waals surface area contributed by atoms with E-state index in [1.54, 1.807) is 32.1 Å². The minimum absolute atomic E-state index is 0.139.